The van der Waals surface area contributed by atoms with Crippen LogP contribution < -0.4 is 5.73 Å². The van der Waals surface area contributed by atoms with E-state index >= 15 is 0 Å². The Balaban J connectivity index is 2.46. The highest BCUT2D eigenvalue weighted by Crippen LogP contribution is 2.27. The lowest BCUT2D eigenvalue weighted by Gasteiger charge is -2.19. The van der Waals surface area contributed by atoms with Gasteiger partial charge in [-0.3, -0.25) is 0 Å². The fraction of sp³-hybridized carbons (Fsp3) is 0.294. The summed E-state index contributed by atoms with van der Waals surface area (Å²) >= 11 is 0. The first-order valence-electron chi connectivity index (χ1n) is 6.39. The summed E-state index contributed by atoms with van der Waals surface area (Å²) in [6.07, 6.45) is 0. The maximum absolute atomic E-state index is 6.42. The van der Waals surface area contributed by atoms with Gasteiger partial charge in [-0.15, -0.1) is 0 Å². The topological polar surface area (TPSA) is 26.0 Å². The van der Waals surface area contributed by atoms with Crippen molar-refractivity contribution >= 4 is 0 Å². The molecule has 0 radical (unpaired) electrons. The van der Waals surface area contributed by atoms with Crippen LogP contribution in [0.1, 0.15) is 39.4 Å². The number of nitrogens with two attached hydrogens (primary N) is 1. The third kappa shape index (κ3) is 2.46. The third-order valence-corrected chi connectivity index (χ3v) is 3.49. The number of rotatable bonds is 2. The molecule has 1 unspecified atom stereocenters. The molecule has 0 saturated carbocycles. The molecule has 0 fully saturated rings. The Labute approximate surface area is 110 Å². The molecule has 1 nitrogen and oxygen atoms in total. The number of aryl methyl sites for hydroxylation is 4. The van der Waals surface area contributed by atoms with E-state index in [-0.39, 0.29) is 6.04 Å². The lowest BCUT2D eigenvalue weighted by Crippen LogP contribution is -2.15. The van der Waals surface area contributed by atoms with E-state index in [1.54, 1.807) is 0 Å². The fourth-order valence-electron chi connectivity index (χ4n) is 2.62. The molecular weight excluding hydrogens is 218 g/mol. The lowest BCUT2D eigenvalue weighted by atomic mass is 9.90. The van der Waals surface area contributed by atoms with E-state index in [9.17, 15) is 0 Å². The van der Waals surface area contributed by atoms with Crippen LogP contribution in [0, 0.1) is 27.7 Å². The molecule has 1 heteroatoms. The normalized spacial score (nSPS) is 12.5. The Morgan fingerprint density at radius 1 is 0.778 bits per heavy atom. The molecule has 0 aliphatic carbocycles. The summed E-state index contributed by atoms with van der Waals surface area (Å²) < 4.78 is 0. The molecule has 0 aromatic heterocycles. The first kappa shape index (κ1) is 12.8. The summed E-state index contributed by atoms with van der Waals surface area (Å²) in [5.74, 6) is 0. The molecule has 0 spiro atoms. The van der Waals surface area contributed by atoms with Gasteiger partial charge in [-0.05, 0) is 49.9 Å². The molecule has 0 heterocycles. The summed E-state index contributed by atoms with van der Waals surface area (Å²) in [7, 11) is 0. The van der Waals surface area contributed by atoms with Crippen molar-refractivity contribution in [2.45, 2.75) is 33.7 Å². The van der Waals surface area contributed by atoms with Crippen molar-refractivity contribution in [3.05, 3.63) is 69.8 Å². The predicted molar refractivity (Wildman–Crippen MR) is 77.9 cm³/mol. The van der Waals surface area contributed by atoms with Crippen molar-refractivity contribution in [2.24, 2.45) is 5.73 Å². The van der Waals surface area contributed by atoms with E-state index in [0.717, 1.165) is 0 Å². The van der Waals surface area contributed by atoms with Crippen LogP contribution in [0.5, 0.6) is 0 Å². The van der Waals surface area contributed by atoms with Crippen LogP contribution in [0.25, 0.3) is 0 Å². The van der Waals surface area contributed by atoms with Crippen LogP contribution >= 0.6 is 0 Å². The Morgan fingerprint density at radius 2 is 1.28 bits per heavy atom. The minimum atomic E-state index is -0.0359. The summed E-state index contributed by atoms with van der Waals surface area (Å²) in [6.45, 7) is 8.51. The molecule has 2 aromatic carbocycles. The lowest BCUT2D eigenvalue weighted by molar-refractivity contribution is 0.850. The van der Waals surface area contributed by atoms with Crippen LogP contribution in [0.15, 0.2) is 36.4 Å². The maximum atomic E-state index is 6.42. The second-order valence-electron chi connectivity index (χ2n) is 5.20. The molecule has 0 bridgehead atoms. The van der Waals surface area contributed by atoms with Crippen molar-refractivity contribution in [3.63, 3.8) is 0 Å². The molecule has 2 rings (SSSR count). The SMILES string of the molecule is Cc1ccc(C(N)c2c(C)cc(C)cc2C)cc1. The van der Waals surface area contributed by atoms with Gasteiger partial charge in [-0.1, -0.05) is 47.5 Å². The summed E-state index contributed by atoms with van der Waals surface area (Å²) in [5, 5.41) is 0. The van der Waals surface area contributed by atoms with Crippen molar-refractivity contribution in [1.82, 2.24) is 0 Å². The standard InChI is InChI=1S/C17H21N/c1-11-5-7-15(8-6-11)17(18)16-13(3)9-12(2)10-14(16)4/h5-10,17H,18H2,1-4H3. The van der Waals surface area contributed by atoms with Crippen molar-refractivity contribution in [2.75, 3.05) is 0 Å². The minimum absolute atomic E-state index is 0.0359. The van der Waals surface area contributed by atoms with Crippen LogP contribution in [0.3, 0.4) is 0 Å². The van der Waals surface area contributed by atoms with Gasteiger partial charge in [0.25, 0.3) is 0 Å². The summed E-state index contributed by atoms with van der Waals surface area (Å²) in [5.41, 5.74) is 14.0. The van der Waals surface area contributed by atoms with Gasteiger partial charge in [0.1, 0.15) is 0 Å². The van der Waals surface area contributed by atoms with Crippen molar-refractivity contribution in [3.8, 4) is 0 Å². The van der Waals surface area contributed by atoms with Crippen LogP contribution in [0.2, 0.25) is 0 Å². The Kier molecular flexibility index (Phi) is 3.53. The molecule has 94 valence electrons. The molecule has 0 amide bonds. The van der Waals surface area contributed by atoms with Gasteiger partial charge < -0.3 is 5.73 Å². The molecule has 1 atom stereocenters. The largest absolute Gasteiger partial charge is 0.320 e. The molecule has 0 aliphatic rings. The van der Waals surface area contributed by atoms with Crippen molar-refractivity contribution < 1.29 is 0 Å². The van der Waals surface area contributed by atoms with E-state index in [1.165, 1.54) is 33.4 Å². The number of hydrogen-bond acceptors (Lipinski definition) is 1. The van der Waals surface area contributed by atoms with E-state index in [0.29, 0.717) is 0 Å². The summed E-state index contributed by atoms with van der Waals surface area (Å²) in [4.78, 5) is 0. The molecule has 0 saturated heterocycles. The van der Waals surface area contributed by atoms with Gasteiger partial charge in [-0.25, -0.2) is 0 Å². The van der Waals surface area contributed by atoms with E-state index in [4.69, 9.17) is 5.73 Å². The Hall–Kier alpha value is -1.60. The zero-order valence-electron chi connectivity index (χ0n) is 11.6. The van der Waals surface area contributed by atoms with Crippen LogP contribution in [0.4, 0.5) is 0 Å². The van der Waals surface area contributed by atoms with Gasteiger partial charge in [-0.2, -0.15) is 0 Å². The predicted octanol–water partition coefficient (Wildman–Crippen LogP) is 3.97. The van der Waals surface area contributed by atoms with Gasteiger partial charge >= 0.3 is 0 Å². The third-order valence-electron chi connectivity index (χ3n) is 3.49. The fourth-order valence-corrected chi connectivity index (χ4v) is 2.62. The van der Waals surface area contributed by atoms with E-state index in [1.807, 2.05) is 0 Å². The Bertz CT molecular complexity index is 529. The monoisotopic (exact) mass is 239 g/mol. The van der Waals surface area contributed by atoms with Crippen molar-refractivity contribution in [1.29, 1.82) is 0 Å². The molecule has 2 N–H and O–H groups in total. The van der Waals surface area contributed by atoms with Gasteiger partial charge in [0, 0.05) is 0 Å². The minimum Gasteiger partial charge on any atom is -0.320 e. The second kappa shape index (κ2) is 4.95. The molecule has 0 aliphatic heterocycles. The quantitative estimate of drug-likeness (QED) is 0.843. The first-order valence-corrected chi connectivity index (χ1v) is 6.39. The van der Waals surface area contributed by atoms with Gasteiger partial charge in [0.05, 0.1) is 6.04 Å². The highest BCUT2D eigenvalue weighted by atomic mass is 14.6. The summed E-state index contributed by atoms with van der Waals surface area (Å²) in [6, 6.07) is 12.9. The first-order chi connectivity index (χ1) is 8.49. The highest BCUT2D eigenvalue weighted by molar-refractivity contribution is 5.44. The Morgan fingerprint density at radius 3 is 1.78 bits per heavy atom. The number of hydrogen-bond donors (Lipinski definition) is 1. The molecule has 2 aromatic rings. The smallest absolute Gasteiger partial charge is 0.0556 e. The van der Waals surface area contributed by atoms with Gasteiger partial charge in [0.2, 0.25) is 0 Å². The van der Waals surface area contributed by atoms with Gasteiger partial charge in [0.15, 0.2) is 0 Å². The highest BCUT2D eigenvalue weighted by Gasteiger charge is 2.14. The number of benzene rings is 2. The second-order valence-corrected chi connectivity index (χ2v) is 5.20. The zero-order chi connectivity index (χ0) is 13.3. The van der Waals surface area contributed by atoms with E-state index < -0.39 is 0 Å². The van der Waals surface area contributed by atoms with Crippen LogP contribution in [-0.2, 0) is 0 Å². The maximum Gasteiger partial charge on any atom is 0.0556 e. The van der Waals surface area contributed by atoms with Crippen LogP contribution in [-0.4, -0.2) is 0 Å². The average molecular weight is 239 g/mol. The molecule has 18 heavy (non-hydrogen) atoms. The van der Waals surface area contributed by atoms with E-state index in [2.05, 4.69) is 64.1 Å². The average Bonchev–Trinajstić information content (AvgIpc) is 2.28. The zero-order valence-corrected chi connectivity index (χ0v) is 11.6. The molecular formula is C17H21N.